The molecule has 6 nitrogen and oxygen atoms in total. The molecule has 116 valence electrons. The molecule has 0 unspecified atom stereocenters. The zero-order valence-corrected chi connectivity index (χ0v) is 12.9. The summed E-state index contributed by atoms with van der Waals surface area (Å²) >= 11 is 11.8. The number of hydrogen-bond acceptors (Lipinski definition) is 4. The molecule has 0 aliphatic rings. The summed E-state index contributed by atoms with van der Waals surface area (Å²) in [4.78, 5) is 22.1. The SMILES string of the molecule is N#C/C(=C/Nc1cccc(Cl)c1Cl)C(=O)NCCCC(=O)O. The molecule has 0 heterocycles. The molecule has 22 heavy (non-hydrogen) atoms. The van der Waals surface area contributed by atoms with Crippen LogP contribution in [0.5, 0.6) is 0 Å². The minimum Gasteiger partial charge on any atom is -0.481 e. The number of aliphatic carboxylic acids is 1. The molecule has 0 saturated carbocycles. The molecule has 3 N–H and O–H groups in total. The van der Waals surface area contributed by atoms with E-state index in [0.717, 1.165) is 0 Å². The van der Waals surface area contributed by atoms with E-state index in [9.17, 15) is 9.59 Å². The average molecular weight is 342 g/mol. The first-order valence-corrected chi connectivity index (χ1v) is 7.02. The van der Waals surface area contributed by atoms with Crippen LogP contribution >= 0.6 is 23.2 Å². The standard InChI is InChI=1S/C14H13Cl2N3O3/c15-10-3-1-4-11(13(10)16)19-8-9(7-17)14(22)18-6-2-5-12(20)21/h1,3-4,8,19H,2,5-6H2,(H,18,22)(H,20,21)/b9-8-. The smallest absolute Gasteiger partial charge is 0.303 e. The lowest BCUT2D eigenvalue weighted by Crippen LogP contribution is -2.26. The molecule has 0 aromatic heterocycles. The van der Waals surface area contributed by atoms with Gasteiger partial charge in [-0.3, -0.25) is 9.59 Å². The summed E-state index contributed by atoms with van der Waals surface area (Å²) in [5.41, 5.74) is 0.298. The Balaban J connectivity index is 2.63. The number of nitrogens with zero attached hydrogens (tertiary/aromatic N) is 1. The first-order valence-electron chi connectivity index (χ1n) is 6.26. The van der Waals surface area contributed by atoms with Crippen molar-refractivity contribution in [3.05, 3.63) is 40.0 Å². The molecule has 0 aliphatic carbocycles. The van der Waals surface area contributed by atoms with E-state index in [1.165, 1.54) is 6.20 Å². The minimum atomic E-state index is -0.942. The van der Waals surface area contributed by atoms with Crippen molar-refractivity contribution in [2.45, 2.75) is 12.8 Å². The van der Waals surface area contributed by atoms with Crippen LogP contribution in [0.15, 0.2) is 30.0 Å². The van der Waals surface area contributed by atoms with Crippen molar-refractivity contribution < 1.29 is 14.7 Å². The van der Waals surface area contributed by atoms with Crippen LogP contribution in [0.2, 0.25) is 10.0 Å². The predicted molar refractivity (Wildman–Crippen MR) is 83.7 cm³/mol. The van der Waals surface area contributed by atoms with Gasteiger partial charge in [-0.2, -0.15) is 5.26 Å². The molecule has 0 spiro atoms. The van der Waals surface area contributed by atoms with E-state index < -0.39 is 11.9 Å². The van der Waals surface area contributed by atoms with Gasteiger partial charge in [0.1, 0.15) is 11.6 Å². The second-order valence-corrected chi connectivity index (χ2v) is 4.95. The Hall–Kier alpha value is -2.23. The zero-order chi connectivity index (χ0) is 16.5. The molecule has 1 aromatic carbocycles. The summed E-state index contributed by atoms with van der Waals surface area (Å²) < 4.78 is 0. The number of anilines is 1. The van der Waals surface area contributed by atoms with E-state index in [-0.39, 0.29) is 30.0 Å². The molecule has 0 fully saturated rings. The molecule has 1 amide bonds. The summed E-state index contributed by atoms with van der Waals surface area (Å²) in [5, 5.41) is 23.3. The van der Waals surface area contributed by atoms with Crippen molar-refractivity contribution >= 4 is 40.8 Å². The molecular weight excluding hydrogens is 329 g/mol. The molecule has 8 heteroatoms. The average Bonchev–Trinajstić information content (AvgIpc) is 2.48. The van der Waals surface area contributed by atoms with E-state index in [1.807, 2.05) is 0 Å². The van der Waals surface area contributed by atoms with E-state index >= 15 is 0 Å². The van der Waals surface area contributed by atoms with Crippen LogP contribution < -0.4 is 10.6 Å². The van der Waals surface area contributed by atoms with Crippen LogP contribution in [0.4, 0.5) is 5.69 Å². The number of carboxylic acid groups (broad SMARTS) is 1. The number of rotatable bonds is 7. The van der Waals surface area contributed by atoms with Gasteiger partial charge in [-0.1, -0.05) is 29.3 Å². The van der Waals surface area contributed by atoms with Gasteiger partial charge >= 0.3 is 5.97 Å². The van der Waals surface area contributed by atoms with Gasteiger partial charge in [-0.25, -0.2) is 0 Å². The number of amides is 1. The third kappa shape index (κ3) is 5.64. The highest BCUT2D eigenvalue weighted by molar-refractivity contribution is 6.43. The Morgan fingerprint density at radius 1 is 1.36 bits per heavy atom. The van der Waals surface area contributed by atoms with Crippen molar-refractivity contribution in [2.75, 3.05) is 11.9 Å². The van der Waals surface area contributed by atoms with Gasteiger partial charge in [0, 0.05) is 19.2 Å². The van der Waals surface area contributed by atoms with Gasteiger partial charge in [-0.05, 0) is 18.6 Å². The first kappa shape index (κ1) is 17.8. The number of carbonyl (C=O) groups is 2. The molecule has 1 aromatic rings. The summed E-state index contributed by atoms with van der Waals surface area (Å²) in [5.74, 6) is -1.54. The van der Waals surface area contributed by atoms with E-state index in [1.54, 1.807) is 24.3 Å². The maximum Gasteiger partial charge on any atom is 0.303 e. The predicted octanol–water partition coefficient (Wildman–Crippen LogP) is 2.79. The topological polar surface area (TPSA) is 102 Å². The number of nitrogens with one attached hydrogen (secondary N) is 2. The van der Waals surface area contributed by atoms with Crippen LogP contribution in [-0.2, 0) is 9.59 Å². The maximum atomic E-state index is 11.7. The van der Waals surface area contributed by atoms with Crippen LogP contribution in [0.3, 0.4) is 0 Å². The second-order valence-electron chi connectivity index (χ2n) is 4.17. The monoisotopic (exact) mass is 341 g/mol. The highest BCUT2D eigenvalue weighted by Gasteiger charge is 2.09. The van der Waals surface area contributed by atoms with Gasteiger partial charge in [0.2, 0.25) is 0 Å². The number of carboxylic acids is 1. The van der Waals surface area contributed by atoms with Gasteiger partial charge in [0.25, 0.3) is 5.91 Å². The number of benzene rings is 1. The number of hydrogen-bond donors (Lipinski definition) is 3. The largest absolute Gasteiger partial charge is 0.481 e. The molecule has 0 saturated heterocycles. The molecule has 0 bridgehead atoms. The quantitative estimate of drug-likeness (QED) is 0.402. The van der Waals surface area contributed by atoms with Crippen LogP contribution in [0.1, 0.15) is 12.8 Å². The summed E-state index contributed by atoms with van der Waals surface area (Å²) in [6.07, 6.45) is 1.44. The molecule has 0 radical (unpaired) electrons. The fourth-order valence-corrected chi connectivity index (χ4v) is 1.81. The summed E-state index contributed by atoms with van der Waals surface area (Å²) in [6.45, 7) is 0.169. The van der Waals surface area contributed by atoms with Crippen molar-refractivity contribution in [3.63, 3.8) is 0 Å². The van der Waals surface area contributed by atoms with Crippen LogP contribution in [-0.4, -0.2) is 23.5 Å². The Kier molecular flexibility index (Phi) is 7.23. The minimum absolute atomic E-state index is 0.0533. The third-order valence-electron chi connectivity index (χ3n) is 2.54. The highest BCUT2D eigenvalue weighted by atomic mass is 35.5. The van der Waals surface area contributed by atoms with Crippen molar-refractivity contribution in [3.8, 4) is 6.07 Å². The van der Waals surface area contributed by atoms with Gasteiger partial charge in [-0.15, -0.1) is 0 Å². The lowest BCUT2D eigenvalue weighted by Gasteiger charge is -2.06. The van der Waals surface area contributed by atoms with Gasteiger partial charge in [0.15, 0.2) is 0 Å². The lowest BCUT2D eigenvalue weighted by atomic mass is 10.2. The molecule has 1 rings (SSSR count). The van der Waals surface area contributed by atoms with E-state index in [4.69, 9.17) is 33.6 Å². The fraction of sp³-hybridized carbons (Fsp3) is 0.214. The van der Waals surface area contributed by atoms with Crippen molar-refractivity contribution in [1.29, 1.82) is 5.26 Å². The first-order chi connectivity index (χ1) is 10.5. The maximum absolute atomic E-state index is 11.7. The van der Waals surface area contributed by atoms with Crippen molar-refractivity contribution in [2.24, 2.45) is 0 Å². The molecule has 0 aliphatic heterocycles. The van der Waals surface area contributed by atoms with E-state index in [2.05, 4.69) is 10.6 Å². The molecular formula is C14H13Cl2N3O3. The summed E-state index contributed by atoms with van der Waals surface area (Å²) in [6, 6.07) is 6.67. The fourth-order valence-electron chi connectivity index (χ4n) is 1.45. The number of carbonyl (C=O) groups excluding carboxylic acids is 1. The van der Waals surface area contributed by atoms with Gasteiger partial charge in [0.05, 0.1) is 15.7 Å². The Bertz CT molecular complexity index is 639. The number of halogens is 2. The van der Waals surface area contributed by atoms with Crippen LogP contribution in [0, 0.1) is 11.3 Å². The second kappa shape index (κ2) is 8.93. The normalized spacial score (nSPS) is 10.7. The van der Waals surface area contributed by atoms with Gasteiger partial charge < -0.3 is 15.7 Å². The lowest BCUT2D eigenvalue weighted by molar-refractivity contribution is -0.137. The zero-order valence-electron chi connectivity index (χ0n) is 11.4. The number of nitriles is 1. The highest BCUT2D eigenvalue weighted by Crippen LogP contribution is 2.29. The Morgan fingerprint density at radius 3 is 2.73 bits per heavy atom. The summed E-state index contributed by atoms with van der Waals surface area (Å²) in [7, 11) is 0. The van der Waals surface area contributed by atoms with E-state index in [0.29, 0.717) is 10.7 Å². The van der Waals surface area contributed by atoms with Crippen molar-refractivity contribution in [1.82, 2.24) is 5.32 Å². The third-order valence-corrected chi connectivity index (χ3v) is 3.36. The Labute approximate surface area is 137 Å². The molecule has 0 atom stereocenters. The van der Waals surface area contributed by atoms with Crippen LogP contribution in [0.25, 0.3) is 0 Å². The Morgan fingerprint density at radius 2 is 2.09 bits per heavy atom.